The molecule has 2 atom stereocenters. The molecule has 0 aliphatic carbocycles. The third-order valence-corrected chi connectivity index (χ3v) is 3.52. The van der Waals surface area contributed by atoms with Crippen molar-refractivity contribution < 1.29 is 5.11 Å². The van der Waals surface area contributed by atoms with Crippen LogP contribution in [-0.4, -0.2) is 11.2 Å². The fraction of sp³-hybridized carbons (Fsp3) is 0.625. The lowest BCUT2D eigenvalue weighted by Crippen LogP contribution is -2.22. The second-order valence-corrected chi connectivity index (χ2v) is 5.07. The topological polar surface area (TPSA) is 20.2 Å². The van der Waals surface area contributed by atoms with Gasteiger partial charge < -0.3 is 5.11 Å². The Hall–Kier alpha value is -0.820. The summed E-state index contributed by atoms with van der Waals surface area (Å²) in [4.78, 5) is 0. The van der Waals surface area contributed by atoms with Crippen LogP contribution in [0.1, 0.15) is 50.7 Å². The SMILES string of the molecule is CCCCC(CC)C(O)Cc1cccc(C)c1. The zero-order valence-corrected chi connectivity index (χ0v) is 11.4. The summed E-state index contributed by atoms with van der Waals surface area (Å²) in [5.41, 5.74) is 2.53. The van der Waals surface area contributed by atoms with E-state index in [-0.39, 0.29) is 6.10 Å². The van der Waals surface area contributed by atoms with E-state index in [0.717, 1.165) is 19.3 Å². The molecule has 0 aliphatic rings. The zero-order valence-electron chi connectivity index (χ0n) is 11.4. The number of hydrogen-bond donors (Lipinski definition) is 1. The monoisotopic (exact) mass is 234 g/mol. The minimum Gasteiger partial charge on any atom is -0.392 e. The van der Waals surface area contributed by atoms with Crippen LogP contribution < -0.4 is 0 Å². The average Bonchev–Trinajstić information content (AvgIpc) is 2.30. The summed E-state index contributed by atoms with van der Waals surface area (Å²) in [6, 6.07) is 8.47. The summed E-state index contributed by atoms with van der Waals surface area (Å²) in [5.74, 6) is 0.454. The van der Waals surface area contributed by atoms with Crippen molar-refractivity contribution in [1.29, 1.82) is 0 Å². The van der Waals surface area contributed by atoms with Gasteiger partial charge in [0.2, 0.25) is 0 Å². The summed E-state index contributed by atoms with van der Waals surface area (Å²) in [7, 11) is 0. The molecule has 2 unspecified atom stereocenters. The van der Waals surface area contributed by atoms with E-state index in [0.29, 0.717) is 5.92 Å². The van der Waals surface area contributed by atoms with Gasteiger partial charge >= 0.3 is 0 Å². The van der Waals surface area contributed by atoms with Crippen molar-refractivity contribution in [2.24, 2.45) is 5.92 Å². The summed E-state index contributed by atoms with van der Waals surface area (Å²) in [6.07, 6.45) is 5.28. The molecule has 0 fully saturated rings. The largest absolute Gasteiger partial charge is 0.392 e. The van der Waals surface area contributed by atoms with Crippen molar-refractivity contribution in [1.82, 2.24) is 0 Å². The highest BCUT2D eigenvalue weighted by Crippen LogP contribution is 2.20. The maximum atomic E-state index is 10.3. The molecule has 1 aromatic rings. The number of aliphatic hydroxyl groups is 1. The van der Waals surface area contributed by atoms with Crippen LogP contribution in [0, 0.1) is 12.8 Å². The first-order chi connectivity index (χ1) is 8.17. The summed E-state index contributed by atoms with van der Waals surface area (Å²) in [6.45, 7) is 6.49. The van der Waals surface area contributed by atoms with E-state index in [1.54, 1.807) is 0 Å². The van der Waals surface area contributed by atoms with Crippen molar-refractivity contribution in [3.63, 3.8) is 0 Å². The molecule has 0 aliphatic heterocycles. The van der Waals surface area contributed by atoms with Crippen LogP contribution in [0.15, 0.2) is 24.3 Å². The number of rotatable bonds is 7. The Morgan fingerprint density at radius 1 is 1.24 bits per heavy atom. The molecule has 0 spiro atoms. The van der Waals surface area contributed by atoms with Crippen molar-refractivity contribution in [2.75, 3.05) is 0 Å². The Bertz CT molecular complexity index is 319. The van der Waals surface area contributed by atoms with Crippen molar-refractivity contribution in [3.05, 3.63) is 35.4 Å². The van der Waals surface area contributed by atoms with Crippen LogP contribution in [0.25, 0.3) is 0 Å². The van der Waals surface area contributed by atoms with Gasteiger partial charge in [0.15, 0.2) is 0 Å². The average molecular weight is 234 g/mol. The molecule has 0 saturated heterocycles. The van der Waals surface area contributed by atoms with Crippen molar-refractivity contribution in [2.45, 2.75) is 59.0 Å². The van der Waals surface area contributed by atoms with Gasteiger partial charge in [-0.3, -0.25) is 0 Å². The quantitative estimate of drug-likeness (QED) is 0.752. The minimum atomic E-state index is -0.187. The maximum Gasteiger partial charge on any atom is 0.0608 e. The molecule has 0 amide bonds. The second kappa shape index (κ2) is 7.50. The van der Waals surface area contributed by atoms with Crippen molar-refractivity contribution in [3.8, 4) is 0 Å². The molecule has 0 radical (unpaired) electrons. The molecule has 1 N–H and O–H groups in total. The van der Waals surface area contributed by atoms with E-state index in [1.165, 1.54) is 24.0 Å². The lowest BCUT2D eigenvalue weighted by Gasteiger charge is -2.21. The highest BCUT2D eigenvalue weighted by molar-refractivity contribution is 5.22. The molecule has 1 nitrogen and oxygen atoms in total. The standard InChI is InChI=1S/C16H26O/c1-4-6-10-15(5-2)16(17)12-14-9-7-8-13(3)11-14/h7-9,11,15-17H,4-6,10,12H2,1-3H3. The third kappa shape index (κ3) is 4.91. The molecule has 0 saturated carbocycles. The lowest BCUT2D eigenvalue weighted by atomic mass is 9.89. The van der Waals surface area contributed by atoms with E-state index in [2.05, 4.69) is 45.0 Å². The van der Waals surface area contributed by atoms with E-state index in [1.807, 2.05) is 0 Å². The van der Waals surface area contributed by atoms with E-state index in [4.69, 9.17) is 0 Å². The van der Waals surface area contributed by atoms with Crippen LogP contribution in [-0.2, 0) is 6.42 Å². The number of unbranched alkanes of at least 4 members (excludes halogenated alkanes) is 1. The molecule has 0 bridgehead atoms. The number of aliphatic hydroxyl groups excluding tert-OH is 1. The molecule has 0 heterocycles. The first-order valence-electron chi connectivity index (χ1n) is 6.91. The molecule has 96 valence electrons. The van der Waals surface area contributed by atoms with Gasteiger partial charge in [0.05, 0.1) is 6.10 Å². The summed E-state index contributed by atoms with van der Waals surface area (Å²) in [5, 5.41) is 10.3. The number of aryl methyl sites for hydroxylation is 1. The van der Waals surface area contributed by atoms with Gasteiger partial charge in [0.25, 0.3) is 0 Å². The zero-order chi connectivity index (χ0) is 12.7. The highest BCUT2D eigenvalue weighted by atomic mass is 16.3. The van der Waals surface area contributed by atoms with Gasteiger partial charge in [0, 0.05) is 0 Å². The Labute approximate surface area is 106 Å². The van der Waals surface area contributed by atoms with Crippen LogP contribution in [0.2, 0.25) is 0 Å². The first kappa shape index (κ1) is 14.2. The Morgan fingerprint density at radius 3 is 2.59 bits per heavy atom. The second-order valence-electron chi connectivity index (χ2n) is 5.07. The summed E-state index contributed by atoms with van der Waals surface area (Å²) >= 11 is 0. The summed E-state index contributed by atoms with van der Waals surface area (Å²) < 4.78 is 0. The highest BCUT2D eigenvalue weighted by Gasteiger charge is 2.17. The van der Waals surface area contributed by atoms with Gasteiger partial charge in [-0.2, -0.15) is 0 Å². The van der Waals surface area contributed by atoms with Gasteiger partial charge in [-0.1, -0.05) is 62.9 Å². The van der Waals surface area contributed by atoms with Gasteiger partial charge in [-0.05, 0) is 31.2 Å². The van der Waals surface area contributed by atoms with Crippen molar-refractivity contribution >= 4 is 0 Å². The minimum absolute atomic E-state index is 0.187. The molecule has 0 aromatic heterocycles. The van der Waals surface area contributed by atoms with E-state index < -0.39 is 0 Å². The maximum absolute atomic E-state index is 10.3. The normalized spacial score (nSPS) is 14.6. The third-order valence-electron chi connectivity index (χ3n) is 3.52. The van der Waals surface area contributed by atoms with Gasteiger partial charge in [-0.15, -0.1) is 0 Å². The smallest absolute Gasteiger partial charge is 0.0608 e. The van der Waals surface area contributed by atoms with Crippen LogP contribution in [0.4, 0.5) is 0 Å². The Morgan fingerprint density at radius 2 is 2.00 bits per heavy atom. The number of hydrogen-bond acceptors (Lipinski definition) is 1. The van der Waals surface area contributed by atoms with Gasteiger partial charge in [-0.25, -0.2) is 0 Å². The molecular formula is C16H26O. The lowest BCUT2D eigenvalue weighted by molar-refractivity contribution is 0.0987. The molecular weight excluding hydrogens is 208 g/mol. The van der Waals surface area contributed by atoms with Crippen LogP contribution in [0.3, 0.4) is 0 Å². The molecule has 1 rings (SSSR count). The van der Waals surface area contributed by atoms with Gasteiger partial charge in [0.1, 0.15) is 0 Å². The fourth-order valence-corrected chi connectivity index (χ4v) is 2.38. The Kier molecular flexibility index (Phi) is 6.28. The van der Waals surface area contributed by atoms with Crippen LogP contribution in [0.5, 0.6) is 0 Å². The fourth-order valence-electron chi connectivity index (χ4n) is 2.38. The molecule has 17 heavy (non-hydrogen) atoms. The van der Waals surface area contributed by atoms with E-state index in [9.17, 15) is 5.11 Å². The van der Waals surface area contributed by atoms with E-state index >= 15 is 0 Å². The first-order valence-corrected chi connectivity index (χ1v) is 6.91. The molecule has 1 heteroatoms. The predicted molar refractivity (Wildman–Crippen MR) is 74.2 cm³/mol. The Balaban J connectivity index is 2.54. The predicted octanol–water partition coefficient (Wildman–Crippen LogP) is 4.11. The van der Waals surface area contributed by atoms with Crippen LogP contribution >= 0.6 is 0 Å². The number of benzene rings is 1. The molecule has 1 aromatic carbocycles.